The quantitative estimate of drug-likeness (QED) is 0.613. The third-order valence-corrected chi connectivity index (χ3v) is 4.45. The monoisotopic (exact) mass is 387 g/mol. The molecule has 0 aromatic heterocycles. The summed E-state index contributed by atoms with van der Waals surface area (Å²) in [4.78, 5) is 24.4. The fourth-order valence-corrected chi connectivity index (χ4v) is 2.81. The van der Waals surface area contributed by atoms with Gasteiger partial charge in [-0.1, -0.05) is 0 Å². The lowest BCUT2D eigenvalue weighted by molar-refractivity contribution is -0.117. The second-order valence-corrected chi connectivity index (χ2v) is 6.85. The third-order valence-electron chi connectivity index (χ3n) is 3.81. The number of carbonyl (C=O) groups is 2. The van der Waals surface area contributed by atoms with E-state index in [1.54, 1.807) is 60.3 Å². The molecule has 0 fully saturated rings. The molecule has 1 atom stereocenters. The zero-order valence-corrected chi connectivity index (χ0v) is 16.3. The molecule has 7 heteroatoms. The van der Waals surface area contributed by atoms with E-state index in [1.807, 2.05) is 13.2 Å². The summed E-state index contributed by atoms with van der Waals surface area (Å²) in [6.45, 7) is 2.51. The summed E-state index contributed by atoms with van der Waals surface area (Å²) in [5.74, 6) is 1.13. The lowest BCUT2D eigenvalue weighted by atomic mass is 10.1. The Hall–Kier alpha value is -2.51. The molecule has 0 aliphatic carbocycles. The first-order valence-corrected chi connectivity index (χ1v) is 10.1. The van der Waals surface area contributed by atoms with Crippen LogP contribution in [0.1, 0.15) is 23.7 Å². The minimum absolute atomic E-state index is 0.226. The Morgan fingerprint density at radius 1 is 1.04 bits per heavy atom. The van der Waals surface area contributed by atoms with Crippen LogP contribution in [0.5, 0.6) is 5.75 Å². The molecule has 0 bridgehead atoms. The van der Waals surface area contributed by atoms with Crippen LogP contribution in [0.15, 0.2) is 48.5 Å². The number of ether oxygens (including phenoxy) is 1. The fourth-order valence-electron chi connectivity index (χ4n) is 2.32. The normalized spacial score (nSPS) is 11.5. The van der Waals surface area contributed by atoms with Crippen molar-refractivity contribution < 1.29 is 14.3 Å². The average molecular weight is 388 g/mol. The van der Waals surface area contributed by atoms with Crippen LogP contribution in [0.3, 0.4) is 0 Å². The Balaban J connectivity index is 1.91. The zero-order valence-electron chi connectivity index (χ0n) is 15.5. The molecule has 0 saturated heterocycles. The number of benzene rings is 2. The molecule has 144 valence electrons. The first-order chi connectivity index (χ1) is 13.0. The second kappa shape index (κ2) is 10.6. The van der Waals surface area contributed by atoms with Crippen molar-refractivity contribution in [3.63, 3.8) is 0 Å². The molecule has 0 radical (unpaired) electrons. The topological polar surface area (TPSA) is 93.5 Å². The van der Waals surface area contributed by atoms with Crippen LogP contribution in [-0.4, -0.2) is 36.5 Å². The van der Waals surface area contributed by atoms with E-state index >= 15 is 0 Å². The van der Waals surface area contributed by atoms with Crippen molar-refractivity contribution in [3.05, 3.63) is 54.1 Å². The van der Waals surface area contributed by atoms with Gasteiger partial charge in [0.15, 0.2) is 0 Å². The van der Waals surface area contributed by atoms with Crippen molar-refractivity contribution in [1.82, 2.24) is 0 Å². The van der Waals surface area contributed by atoms with E-state index in [9.17, 15) is 9.59 Å². The maximum Gasteiger partial charge on any atom is 0.255 e. The Kier molecular flexibility index (Phi) is 8.16. The van der Waals surface area contributed by atoms with Crippen molar-refractivity contribution in [3.8, 4) is 5.75 Å². The highest BCUT2D eigenvalue weighted by atomic mass is 32.2. The van der Waals surface area contributed by atoms with Gasteiger partial charge in [0, 0.05) is 16.9 Å². The number of nitrogens with one attached hydrogen (secondary N) is 2. The molecular weight excluding hydrogens is 362 g/mol. The van der Waals surface area contributed by atoms with E-state index in [-0.39, 0.29) is 11.8 Å². The van der Waals surface area contributed by atoms with Crippen LogP contribution < -0.4 is 21.1 Å². The van der Waals surface area contributed by atoms with E-state index in [4.69, 9.17) is 10.5 Å². The molecule has 0 saturated carbocycles. The number of hydrogen-bond acceptors (Lipinski definition) is 5. The number of anilines is 2. The number of nitrogens with two attached hydrogens (primary N) is 1. The van der Waals surface area contributed by atoms with Gasteiger partial charge in [0.25, 0.3) is 5.91 Å². The molecule has 0 spiro atoms. The highest BCUT2D eigenvalue weighted by molar-refractivity contribution is 7.98. The van der Waals surface area contributed by atoms with Gasteiger partial charge in [0.2, 0.25) is 5.91 Å². The lowest BCUT2D eigenvalue weighted by Gasteiger charge is -2.12. The lowest BCUT2D eigenvalue weighted by Crippen LogP contribution is -2.36. The van der Waals surface area contributed by atoms with Crippen LogP contribution in [0.25, 0.3) is 0 Å². The Morgan fingerprint density at radius 2 is 1.63 bits per heavy atom. The van der Waals surface area contributed by atoms with Crippen LogP contribution >= 0.6 is 11.8 Å². The third kappa shape index (κ3) is 6.62. The number of rotatable bonds is 9. The highest BCUT2D eigenvalue weighted by Gasteiger charge is 2.13. The Morgan fingerprint density at radius 3 is 2.22 bits per heavy atom. The zero-order chi connectivity index (χ0) is 19.6. The Bertz CT molecular complexity index is 748. The maximum absolute atomic E-state index is 12.3. The van der Waals surface area contributed by atoms with E-state index in [1.165, 1.54) is 0 Å². The van der Waals surface area contributed by atoms with Crippen molar-refractivity contribution in [2.45, 2.75) is 19.4 Å². The number of hydrogen-bond donors (Lipinski definition) is 3. The fraction of sp³-hybridized carbons (Fsp3) is 0.300. The second-order valence-electron chi connectivity index (χ2n) is 5.87. The molecule has 6 nitrogen and oxygen atoms in total. The highest BCUT2D eigenvalue weighted by Crippen LogP contribution is 2.17. The number of carbonyl (C=O) groups excluding carboxylic acids is 2. The molecule has 2 rings (SSSR count). The molecular formula is C20H25N3O3S. The minimum Gasteiger partial charge on any atom is -0.494 e. The number of thioether (sulfide) groups is 1. The van der Waals surface area contributed by atoms with Gasteiger partial charge in [-0.25, -0.2) is 0 Å². The van der Waals surface area contributed by atoms with E-state index < -0.39 is 6.04 Å². The van der Waals surface area contributed by atoms with Crippen LogP contribution in [0.2, 0.25) is 0 Å². The Labute approximate surface area is 163 Å². The summed E-state index contributed by atoms with van der Waals surface area (Å²) in [6.07, 6.45) is 2.59. The van der Waals surface area contributed by atoms with Gasteiger partial charge in [0.1, 0.15) is 5.75 Å². The van der Waals surface area contributed by atoms with Crippen molar-refractivity contribution in [2.24, 2.45) is 5.73 Å². The predicted molar refractivity (Wildman–Crippen MR) is 112 cm³/mol. The molecule has 27 heavy (non-hydrogen) atoms. The summed E-state index contributed by atoms with van der Waals surface area (Å²) in [7, 11) is 0. The van der Waals surface area contributed by atoms with Gasteiger partial charge >= 0.3 is 0 Å². The summed E-state index contributed by atoms with van der Waals surface area (Å²) in [5, 5.41) is 5.59. The van der Waals surface area contributed by atoms with Gasteiger partial charge in [-0.05, 0) is 73.9 Å². The molecule has 0 heterocycles. The van der Waals surface area contributed by atoms with Crippen LogP contribution in [0, 0.1) is 0 Å². The SMILES string of the molecule is CCOc1ccc(NC(=O)c2ccc(NC(=O)[C@@H](N)CCSC)cc2)cc1. The molecule has 0 aliphatic rings. The van der Waals surface area contributed by atoms with Gasteiger partial charge in [-0.3, -0.25) is 9.59 Å². The smallest absolute Gasteiger partial charge is 0.255 e. The van der Waals surface area contributed by atoms with Gasteiger partial charge in [-0.15, -0.1) is 0 Å². The van der Waals surface area contributed by atoms with Gasteiger partial charge in [-0.2, -0.15) is 11.8 Å². The van der Waals surface area contributed by atoms with Gasteiger partial charge < -0.3 is 21.1 Å². The van der Waals surface area contributed by atoms with E-state index in [2.05, 4.69) is 10.6 Å². The van der Waals surface area contributed by atoms with Gasteiger partial charge in [0.05, 0.1) is 12.6 Å². The van der Waals surface area contributed by atoms with E-state index in [0.29, 0.717) is 30.0 Å². The standard InChI is InChI=1S/C20H25N3O3S/c1-3-26-17-10-8-16(9-11-17)22-19(24)14-4-6-15(7-5-14)23-20(25)18(21)12-13-27-2/h4-11,18H,3,12-13,21H2,1-2H3,(H,22,24)(H,23,25)/t18-/m0/s1. The maximum atomic E-state index is 12.3. The van der Waals surface area contributed by atoms with E-state index in [0.717, 1.165) is 11.5 Å². The van der Waals surface area contributed by atoms with Crippen molar-refractivity contribution in [1.29, 1.82) is 0 Å². The first kappa shape index (κ1) is 20.8. The predicted octanol–water partition coefficient (Wildman–Crippen LogP) is 3.36. The first-order valence-electron chi connectivity index (χ1n) is 8.73. The average Bonchev–Trinajstić information content (AvgIpc) is 2.68. The molecule has 2 aromatic rings. The summed E-state index contributed by atoms with van der Waals surface area (Å²) < 4.78 is 5.38. The largest absolute Gasteiger partial charge is 0.494 e. The molecule has 2 amide bonds. The summed E-state index contributed by atoms with van der Waals surface area (Å²) >= 11 is 1.65. The molecule has 4 N–H and O–H groups in total. The molecule has 0 unspecified atom stereocenters. The summed E-state index contributed by atoms with van der Waals surface area (Å²) in [6, 6.07) is 13.3. The minimum atomic E-state index is -0.542. The van der Waals surface area contributed by atoms with Crippen LogP contribution in [0.4, 0.5) is 11.4 Å². The summed E-state index contributed by atoms with van der Waals surface area (Å²) in [5.41, 5.74) is 7.63. The van der Waals surface area contributed by atoms with Crippen LogP contribution in [-0.2, 0) is 4.79 Å². The van der Waals surface area contributed by atoms with Crippen molar-refractivity contribution in [2.75, 3.05) is 29.2 Å². The number of amides is 2. The van der Waals surface area contributed by atoms with Crippen molar-refractivity contribution >= 4 is 35.0 Å². The molecule has 2 aromatic carbocycles. The molecule has 0 aliphatic heterocycles.